The van der Waals surface area contributed by atoms with Gasteiger partial charge in [0.25, 0.3) is 0 Å². The molecule has 172 valence electrons. The minimum absolute atomic E-state index is 0.875. The molecule has 0 spiro atoms. The minimum Gasteiger partial charge on any atom is -0.453 e. The van der Waals surface area contributed by atoms with Gasteiger partial charge in [-0.25, -0.2) is 0 Å². The third-order valence-corrected chi connectivity index (χ3v) is 6.51. The fraction of sp³-hybridized carbons (Fsp3) is 0. The van der Waals surface area contributed by atoms with Crippen molar-refractivity contribution in [3.05, 3.63) is 121 Å². The normalized spacial score (nSPS) is 12.2. The van der Waals surface area contributed by atoms with Crippen LogP contribution in [0.25, 0.3) is 21.5 Å². The number of rotatable bonds is 0. The summed E-state index contributed by atoms with van der Waals surface area (Å²) in [6.45, 7) is 0. The quantitative estimate of drug-likeness (QED) is 0.234. The first-order valence-electron chi connectivity index (χ1n) is 11.9. The van der Waals surface area contributed by atoms with E-state index in [0.29, 0.717) is 0 Å². The molecule has 6 aromatic carbocycles. The molecule has 0 radical (unpaired) electrons. The minimum atomic E-state index is 0.875. The van der Waals surface area contributed by atoms with Gasteiger partial charge in [0.15, 0.2) is 23.0 Å². The molecule has 2 aliphatic rings. The highest BCUT2D eigenvalue weighted by Crippen LogP contribution is 2.46. The van der Waals surface area contributed by atoms with Crippen LogP contribution < -0.4 is 20.1 Å². The first-order valence-corrected chi connectivity index (χ1v) is 11.9. The van der Waals surface area contributed by atoms with Crippen molar-refractivity contribution in [1.82, 2.24) is 0 Å². The largest absolute Gasteiger partial charge is 0.453 e. The van der Waals surface area contributed by atoms with E-state index in [9.17, 15) is 0 Å². The second-order valence-electron chi connectivity index (χ2n) is 8.77. The molecule has 4 heteroatoms. The van der Waals surface area contributed by atoms with E-state index in [1.807, 2.05) is 84.9 Å². The lowest BCUT2D eigenvalue weighted by Crippen LogP contribution is -2.02. The van der Waals surface area contributed by atoms with Crippen molar-refractivity contribution in [3.63, 3.8) is 0 Å². The molecule has 0 fully saturated rings. The smallest absolute Gasteiger partial charge is 0.151 e. The van der Waals surface area contributed by atoms with Gasteiger partial charge in [-0.1, -0.05) is 84.9 Å². The molecule has 0 atom stereocenters. The van der Waals surface area contributed by atoms with Gasteiger partial charge in [-0.05, 0) is 47.2 Å². The second-order valence-corrected chi connectivity index (χ2v) is 8.77. The van der Waals surface area contributed by atoms with Gasteiger partial charge in [-0.3, -0.25) is 0 Å². The Kier molecular flexibility index (Phi) is 4.74. The lowest BCUT2D eigenvalue weighted by Gasteiger charge is -2.22. The van der Waals surface area contributed by atoms with Crippen molar-refractivity contribution in [1.29, 1.82) is 0 Å². The standard InChI is InChI=1S/2C16H11NO/c2*1-2-6-12-11(5-1)9-10-15-16(12)17-13-7-3-4-8-14(13)18-15/h2*1-10,17H. The number of anilines is 4. The average molecular weight is 467 g/mol. The summed E-state index contributed by atoms with van der Waals surface area (Å²) in [4.78, 5) is 0. The SMILES string of the molecule is c1ccc2c(c1)Nc1c(ccc3ccccc13)O2.c1ccc2c(c1)Nc1c(ccc3ccccc13)O2. The number of hydrogen-bond donors (Lipinski definition) is 2. The fourth-order valence-corrected chi connectivity index (χ4v) is 4.76. The monoisotopic (exact) mass is 466 g/mol. The summed E-state index contributed by atoms with van der Waals surface area (Å²) >= 11 is 0. The number of ether oxygens (including phenoxy) is 2. The van der Waals surface area contributed by atoms with Crippen molar-refractivity contribution in [2.24, 2.45) is 0 Å². The van der Waals surface area contributed by atoms with Crippen molar-refractivity contribution < 1.29 is 9.47 Å². The molecular weight excluding hydrogens is 444 g/mol. The molecule has 8 rings (SSSR count). The maximum absolute atomic E-state index is 5.92. The molecule has 36 heavy (non-hydrogen) atoms. The van der Waals surface area contributed by atoms with E-state index in [4.69, 9.17) is 9.47 Å². The molecule has 0 saturated carbocycles. The Balaban J connectivity index is 0.000000122. The Hall–Kier alpha value is -4.96. The fourth-order valence-electron chi connectivity index (χ4n) is 4.76. The van der Waals surface area contributed by atoms with Gasteiger partial charge in [-0.15, -0.1) is 0 Å². The Morgan fingerprint density at radius 1 is 0.361 bits per heavy atom. The van der Waals surface area contributed by atoms with E-state index in [1.165, 1.54) is 21.5 Å². The molecule has 6 aromatic rings. The van der Waals surface area contributed by atoms with Crippen LogP contribution in [0.1, 0.15) is 0 Å². The molecule has 0 aliphatic carbocycles. The summed E-state index contributed by atoms with van der Waals surface area (Å²) in [6.07, 6.45) is 0. The van der Waals surface area contributed by atoms with Gasteiger partial charge >= 0.3 is 0 Å². The van der Waals surface area contributed by atoms with E-state index in [2.05, 4.69) is 47.0 Å². The predicted octanol–water partition coefficient (Wildman–Crippen LogP) is 9.38. The van der Waals surface area contributed by atoms with Crippen LogP contribution in [-0.2, 0) is 0 Å². The van der Waals surface area contributed by atoms with Crippen molar-refractivity contribution >= 4 is 44.3 Å². The summed E-state index contributed by atoms with van der Waals surface area (Å²) in [7, 11) is 0. The topological polar surface area (TPSA) is 42.5 Å². The number of para-hydroxylation sites is 4. The van der Waals surface area contributed by atoms with Crippen LogP contribution in [0.15, 0.2) is 121 Å². The van der Waals surface area contributed by atoms with E-state index >= 15 is 0 Å². The maximum Gasteiger partial charge on any atom is 0.151 e. The predicted molar refractivity (Wildman–Crippen MR) is 147 cm³/mol. The van der Waals surface area contributed by atoms with Crippen LogP contribution in [0.3, 0.4) is 0 Å². The second kappa shape index (κ2) is 8.36. The zero-order valence-electron chi connectivity index (χ0n) is 19.4. The van der Waals surface area contributed by atoms with Gasteiger partial charge in [0.05, 0.1) is 22.7 Å². The van der Waals surface area contributed by atoms with Crippen molar-refractivity contribution in [2.45, 2.75) is 0 Å². The van der Waals surface area contributed by atoms with Gasteiger partial charge in [-0.2, -0.15) is 0 Å². The third-order valence-electron chi connectivity index (χ3n) is 6.51. The molecule has 0 amide bonds. The number of nitrogens with one attached hydrogen (secondary N) is 2. The van der Waals surface area contributed by atoms with E-state index in [1.54, 1.807) is 0 Å². The molecule has 0 saturated heterocycles. The Morgan fingerprint density at radius 3 is 1.28 bits per heavy atom. The van der Waals surface area contributed by atoms with Gasteiger partial charge in [0.1, 0.15) is 0 Å². The van der Waals surface area contributed by atoms with Crippen LogP contribution in [0.4, 0.5) is 22.7 Å². The first-order chi connectivity index (χ1) is 17.8. The van der Waals surface area contributed by atoms with Gasteiger partial charge < -0.3 is 20.1 Å². The molecule has 2 aliphatic heterocycles. The summed E-state index contributed by atoms with van der Waals surface area (Å²) in [5, 5.41) is 11.7. The summed E-state index contributed by atoms with van der Waals surface area (Å²) < 4.78 is 11.8. The van der Waals surface area contributed by atoms with Crippen LogP contribution in [0.5, 0.6) is 23.0 Å². The van der Waals surface area contributed by atoms with Crippen LogP contribution in [0.2, 0.25) is 0 Å². The number of benzene rings is 6. The summed E-state index contributed by atoms with van der Waals surface area (Å²) in [5.41, 5.74) is 4.13. The molecular formula is C32H22N2O2. The molecule has 2 N–H and O–H groups in total. The van der Waals surface area contributed by atoms with E-state index in [0.717, 1.165) is 45.7 Å². The number of fused-ring (bicyclic) bond motifs is 8. The first kappa shape index (κ1) is 20.4. The zero-order chi connectivity index (χ0) is 23.9. The lowest BCUT2D eigenvalue weighted by molar-refractivity contribution is 0.482. The van der Waals surface area contributed by atoms with E-state index in [-0.39, 0.29) is 0 Å². The molecule has 0 unspecified atom stereocenters. The Morgan fingerprint density at radius 2 is 0.778 bits per heavy atom. The highest BCUT2D eigenvalue weighted by atomic mass is 16.5. The zero-order valence-corrected chi connectivity index (χ0v) is 19.4. The van der Waals surface area contributed by atoms with Crippen molar-refractivity contribution in [2.75, 3.05) is 10.6 Å². The lowest BCUT2D eigenvalue weighted by atomic mass is 10.1. The third kappa shape index (κ3) is 3.48. The van der Waals surface area contributed by atoms with E-state index < -0.39 is 0 Å². The maximum atomic E-state index is 5.92. The molecule has 4 nitrogen and oxygen atoms in total. The Bertz CT molecular complexity index is 1630. The van der Waals surface area contributed by atoms with Gasteiger partial charge in [0, 0.05) is 10.8 Å². The van der Waals surface area contributed by atoms with Crippen molar-refractivity contribution in [3.8, 4) is 23.0 Å². The van der Waals surface area contributed by atoms with Crippen LogP contribution >= 0.6 is 0 Å². The Labute approximate surface area is 208 Å². The molecule has 2 heterocycles. The van der Waals surface area contributed by atoms with Gasteiger partial charge in [0.2, 0.25) is 0 Å². The molecule has 0 aromatic heterocycles. The van der Waals surface area contributed by atoms with Crippen LogP contribution in [-0.4, -0.2) is 0 Å². The molecule has 0 bridgehead atoms. The highest BCUT2D eigenvalue weighted by molar-refractivity contribution is 6.01. The summed E-state index contributed by atoms with van der Waals surface area (Å²) in [6, 6.07) is 40.8. The highest BCUT2D eigenvalue weighted by Gasteiger charge is 2.18. The summed E-state index contributed by atoms with van der Waals surface area (Å²) in [5.74, 6) is 3.51. The average Bonchev–Trinajstić information content (AvgIpc) is 2.95. The van der Waals surface area contributed by atoms with Crippen LogP contribution in [0, 0.1) is 0 Å². The number of hydrogen-bond acceptors (Lipinski definition) is 4.